The van der Waals surface area contributed by atoms with Crippen LogP contribution in [0, 0.1) is 0 Å². The highest BCUT2D eigenvalue weighted by atomic mass is 15.0. The van der Waals surface area contributed by atoms with E-state index in [9.17, 15) is 0 Å². The van der Waals surface area contributed by atoms with Gasteiger partial charge in [0.1, 0.15) is 0 Å². The van der Waals surface area contributed by atoms with Gasteiger partial charge in [-0.05, 0) is 23.6 Å². The van der Waals surface area contributed by atoms with Gasteiger partial charge < -0.3 is 5.32 Å². The van der Waals surface area contributed by atoms with E-state index in [0.717, 1.165) is 6.54 Å². The first-order chi connectivity index (χ1) is 3.92. The molecule has 0 radical (unpaired) electrons. The van der Waals surface area contributed by atoms with Crippen molar-refractivity contribution in [1.82, 2.24) is 5.32 Å². The molecule has 0 atom stereocenters. The summed E-state index contributed by atoms with van der Waals surface area (Å²) in [6, 6.07) is 0. The lowest BCUT2D eigenvalue weighted by atomic mass is 9.86. The molecular weight excluding hydrogens is 98.1 g/mol. The van der Waals surface area contributed by atoms with E-state index in [-0.39, 0.29) is 0 Å². The van der Waals surface area contributed by atoms with Gasteiger partial charge in [0.15, 0.2) is 0 Å². The van der Waals surface area contributed by atoms with Crippen LogP contribution in [0.2, 0.25) is 0 Å². The Morgan fingerprint density at radius 3 is 2.75 bits per heavy atom. The second-order valence-corrected chi connectivity index (χ2v) is 2.27. The molecule has 8 heavy (non-hydrogen) atoms. The van der Waals surface area contributed by atoms with Gasteiger partial charge in [-0.15, -0.1) is 0 Å². The Kier molecular flexibility index (Phi) is 0.608. The van der Waals surface area contributed by atoms with E-state index < -0.39 is 0 Å². The van der Waals surface area contributed by atoms with Crippen molar-refractivity contribution in [3.05, 3.63) is 22.9 Å². The van der Waals surface area contributed by atoms with Gasteiger partial charge >= 0.3 is 0 Å². The van der Waals surface area contributed by atoms with Crippen LogP contribution >= 0.6 is 0 Å². The van der Waals surface area contributed by atoms with Crippen molar-refractivity contribution < 1.29 is 0 Å². The Morgan fingerprint density at radius 2 is 2.62 bits per heavy atom. The van der Waals surface area contributed by atoms with Crippen LogP contribution in [0.25, 0.3) is 0 Å². The van der Waals surface area contributed by atoms with E-state index in [0.29, 0.717) is 0 Å². The maximum Gasteiger partial charge on any atom is 0.0424 e. The summed E-state index contributed by atoms with van der Waals surface area (Å²) >= 11 is 0. The zero-order valence-electron chi connectivity index (χ0n) is 4.99. The topological polar surface area (TPSA) is 12.0 Å². The van der Waals surface area contributed by atoms with Crippen LogP contribution in [-0.2, 0) is 0 Å². The second-order valence-electron chi connectivity index (χ2n) is 2.27. The minimum atomic E-state index is 1.12. The monoisotopic (exact) mass is 107 g/mol. The molecule has 0 amide bonds. The largest absolute Gasteiger partial charge is 0.381 e. The third-order valence-corrected chi connectivity index (χ3v) is 1.87. The van der Waals surface area contributed by atoms with Crippen LogP contribution in [0.4, 0.5) is 0 Å². The minimum absolute atomic E-state index is 1.12. The summed E-state index contributed by atoms with van der Waals surface area (Å²) in [6.45, 7) is 3.32. The molecule has 2 rings (SSSR count). The lowest BCUT2D eigenvalue weighted by Crippen LogP contribution is -2.35. The van der Waals surface area contributed by atoms with Gasteiger partial charge in [-0.3, -0.25) is 0 Å². The molecule has 1 N–H and O–H groups in total. The summed E-state index contributed by atoms with van der Waals surface area (Å²) in [6.07, 6.45) is 3.44. The molecule has 1 aliphatic heterocycles. The van der Waals surface area contributed by atoms with Crippen LogP contribution in [0.1, 0.15) is 13.3 Å². The first-order valence-electron chi connectivity index (χ1n) is 3.10. The maximum absolute atomic E-state index is 3.21. The first-order valence-corrected chi connectivity index (χ1v) is 3.10. The van der Waals surface area contributed by atoms with Crippen LogP contribution in [-0.4, -0.2) is 6.54 Å². The van der Waals surface area contributed by atoms with Gasteiger partial charge in [-0.2, -0.15) is 0 Å². The molecule has 0 bridgehead atoms. The molecule has 2 aliphatic rings. The SMILES string of the molecule is CCC1=CC2=C1CN2. The van der Waals surface area contributed by atoms with Crippen molar-refractivity contribution in [2.45, 2.75) is 13.3 Å². The number of hydrogen-bond acceptors (Lipinski definition) is 1. The quantitative estimate of drug-likeness (QED) is 0.530. The fraction of sp³-hybridized carbons (Fsp3) is 0.429. The average Bonchev–Trinajstić information content (AvgIpc) is 1.76. The summed E-state index contributed by atoms with van der Waals surface area (Å²) in [7, 11) is 0. The van der Waals surface area contributed by atoms with Gasteiger partial charge in [0, 0.05) is 12.2 Å². The van der Waals surface area contributed by atoms with Crippen LogP contribution in [0.3, 0.4) is 0 Å². The average molecular weight is 107 g/mol. The fourth-order valence-corrected chi connectivity index (χ4v) is 1.20. The lowest BCUT2D eigenvalue weighted by Gasteiger charge is -2.33. The van der Waals surface area contributed by atoms with Crippen molar-refractivity contribution in [2.75, 3.05) is 6.54 Å². The number of allylic oxidation sites excluding steroid dienone is 1. The molecule has 1 nitrogen and oxygen atoms in total. The van der Waals surface area contributed by atoms with E-state index in [4.69, 9.17) is 0 Å². The molecule has 0 aromatic carbocycles. The highest BCUT2D eigenvalue weighted by molar-refractivity contribution is 5.57. The van der Waals surface area contributed by atoms with Gasteiger partial charge in [0.2, 0.25) is 0 Å². The molecule has 42 valence electrons. The summed E-state index contributed by atoms with van der Waals surface area (Å²) < 4.78 is 0. The zero-order valence-corrected chi connectivity index (χ0v) is 4.99. The normalized spacial score (nSPS) is 22.4. The highest BCUT2D eigenvalue weighted by Gasteiger charge is 2.24. The first kappa shape index (κ1) is 4.19. The molecular formula is C7H9N. The lowest BCUT2D eigenvalue weighted by molar-refractivity contribution is 0.739. The highest BCUT2D eigenvalue weighted by Crippen LogP contribution is 2.32. The molecule has 0 aromatic heterocycles. The van der Waals surface area contributed by atoms with E-state index in [1.165, 1.54) is 12.1 Å². The molecule has 1 heterocycles. The molecule has 0 fully saturated rings. The van der Waals surface area contributed by atoms with Gasteiger partial charge in [0.25, 0.3) is 0 Å². The molecule has 1 aliphatic carbocycles. The van der Waals surface area contributed by atoms with Crippen LogP contribution < -0.4 is 5.32 Å². The maximum atomic E-state index is 3.21. The Bertz CT molecular complexity index is 187. The van der Waals surface area contributed by atoms with Crippen molar-refractivity contribution in [1.29, 1.82) is 0 Å². The number of hydrogen-bond donors (Lipinski definition) is 1. The number of rotatable bonds is 1. The Labute approximate surface area is 49.1 Å². The second kappa shape index (κ2) is 1.16. The molecule has 0 aromatic rings. The van der Waals surface area contributed by atoms with E-state index in [1.54, 1.807) is 11.1 Å². The summed E-state index contributed by atoms with van der Waals surface area (Å²) in [5.41, 5.74) is 4.52. The fourth-order valence-electron chi connectivity index (χ4n) is 1.20. The summed E-state index contributed by atoms with van der Waals surface area (Å²) in [5, 5.41) is 3.21. The molecule has 0 saturated carbocycles. The molecule has 0 unspecified atom stereocenters. The zero-order chi connectivity index (χ0) is 5.56. The number of nitrogens with one attached hydrogen (secondary N) is 1. The Morgan fingerprint density at radius 1 is 1.75 bits per heavy atom. The predicted octanol–water partition coefficient (Wildman–Crippen LogP) is 1.19. The predicted molar refractivity (Wildman–Crippen MR) is 33.4 cm³/mol. The van der Waals surface area contributed by atoms with Gasteiger partial charge in [-0.25, -0.2) is 0 Å². The standard InChI is InChI=1S/C7H9N/c1-2-5-3-7-6(5)4-8-7/h3,8H,2,4H2,1H3. The molecule has 0 saturated heterocycles. The minimum Gasteiger partial charge on any atom is -0.381 e. The molecule has 1 heteroatoms. The molecule has 0 spiro atoms. The van der Waals surface area contributed by atoms with Gasteiger partial charge in [0.05, 0.1) is 0 Å². The van der Waals surface area contributed by atoms with E-state index in [1.807, 2.05) is 0 Å². The third kappa shape index (κ3) is 0.289. The van der Waals surface area contributed by atoms with Crippen molar-refractivity contribution in [2.24, 2.45) is 0 Å². The van der Waals surface area contributed by atoms with E-state index >= 15 is 0 Å². The Balaban J connectivity index is 2.16. The van der Waals surface area contributed by atoms with Gasteiger partial charge in [-0.1, -0.05) is 6.92 Å². The van der Waals surface area contributed by atoms with E-state index in [2.05, 4.69) is 18.3 Å². The third-order valence-electron chi connectivity index (χ3n) is 1.87. The van der Waals surface area contributed by atoms with Crippen LogP contribution in [0.15, 0.2) is 22.9 Å². The van der Waals surface area contributed by atoms with Crippen LogP contribution in [0.5, 0.6) is 0 Å². The smallest absolute Gasteiger partial charge is 0.0424 e. The summed E-state index contributed by atoms with van der Waals surface area (Å²) in [5.74, 6) is 0. The Hall–Kier alpha value is -0.720. The van der Waals surface area contributed by atoms with Crippen molar-refractivity contribution in [3.8, 4) is 0 Å². The van der Waals surface area contributed by atoms with Crippen molar-refractivity contribution >= 4 is 0 Å². The summed E-state index contributed by atoms with van der Waals surface area (Å²) in [4.78, 5) is 0. The van der Waals surface area contributed by atoms with Crippen molar-refractivity contribution in [3.63, 3.8) is 0 Å².